The monoisotopic (exact) mass is 286 g/mol. The number of carbonyl (C=O) groups is 1. The summed E-state index contributed by atoms with van der Waals surface area (Å²) in [4.78, 5) is 15.9. The minimum atomic E-state index is -0.457. The molecule has 0 spiro atoms. The smallest absolute Gasteiger partial charge is 0.227 e. The number of hydrogen-bond acceptors (Lipinski definition) is 3. The zero-order valence-corrected chi connectivity index (χ0v) is 11.4. The molecule has 21 heavy (non-hydrogen) atoms. The van der Waals surface area contributed by atoms with Crippen molar-refractivity contribution in [3.05, 3.63) is 48.8 Å². The fourth-order valence-electron chi connectivity index (χ4n) is 2.38. The maximum atomic E-state index is 14.1. The summed E-state index contributed by atoms with van der Waals surface area (Å²) in [5.41, 5.74) is 0.752. The van der Waals surface area contributed by atoms with Gasteiger partial charge in [-0.2, -0.15) is 5.10 Å². The summed E-state index contributed by atoms with van der Waals surface area (Å²) in [5, 5.41) is 6.65. The molecule has 3 rings (SSSR count). The summed E-state index contributed by atoms with van der Waals surface area (Å²) >= 11 is 0. The second kappa shape index (κ2) is 5.87. The van der Waals surface area contributed by atoms with Gasteiger partial charge >= 0.3 is 0 Å². The first-order valence-electron chi connectivity index (χ1n) is 6.84. The van der Waals surface area contributed by atoms with Gasteiger partial charge in [0, 0.05) is 11.6 Å². The summed E-state index contributed by atoms with van der Waals surface area (Å²) in [6.07, 6.45) is 9.35. The summed E-state index contributed by atoms with van der Waals surface area (Å²) in [6, 6.07) is 4.53. The molecule has 0 aliphatic heterocycles. The van der Waals surface area contributed by atoms with Gasteiger partial charge in [-0.3, -0.25) is 4.79 Å². The number of hydrogen-bond donors (Lipinski definition) is 1. The SMILES string of the molecule is O=C(Nc1ccc(-n2cncn2)c(F)c1)[C@H]1CC=CCC1. The molecule has 0 bridgehead atoms. The third-order valence-electron chi connectivity index (χ3n) is 3.52. The van der Waals surface area contributed by atoms with Crippen LogP contribution in [0.4, 0.5) is 10.1 Å². The van der Waals surface area contributed by atoms with Gasteiger partial charge in [0.25, 0.3) is 0 Å². The molecular formula is C15H15FN4O. The number of carbonyl (C=O) groups excluding carboxylic acids is 1. The number of aromatic nitrogens is 3. The quantitative estimate of drug-likeness (QED) is 0.882. The summed E-state index contributed by atoms with van der Waals surface area (Å²) in [7, 11) is 0. The van der Waals surface area contributed by atoms with Gasteiger partial charge in [0.05, 0.1) is 0 Å². The lowest BCUT2D eigenvalue weighted by atomic mass is 9.93. The Morgan fingerprint density at radius 3 is 2.95 bits per heavy atom. The van der Waals surface area contributed by atoms with Crippen LogP contribution in [0.5, 0.6) is 0 Å². The minimum Gasteiger partial charge on any atom is -0.326 e. The molecule has 5 nitrogen and oxygen atoms in total. The van der Waals surface area contributed by atoms with Gasteiger partial charge in [-0.05, 0) is 37.5 Å². The van der Waals surface area contributed by atoms with Crippen molar-refractivity contribution in [2.24, 2.45) is 5.92 Å². The Bertz CT molecular complexity index is 666. The molecular weight excluding hydrogens is 271 g/mol. The van der Waals surface area contributed by atoms with Gasteiger partial charge < -0.3 is 5.32 Å². The van der Waals surface area contributed by atoms with Gasteiger partial charge in [0.15, 0.2) is 5.82 Å². The Labute approximate surface area is 121 Å². The van der Waals surface area contributed by atoms with Crippen LogP contribution in [0.25, 0.3) is 5.69 Å². The average Bonchev–Trinajstić information content (AvgIpc) is 3.02. The van der Waals surface area contributed by atoms with E-state index in [2.05, 4.69) is 21.5 Å². The second-order valence-corrected chi connectivity index (χ2v) is 4.98. The van der Waals surface area contributed by atoms with Crippen molar-refractivity contribution >= 4 is 11.6 Å². The van der Waals surface area contributed by atoms with Crippen molar-refractivity contribution in [1.29, 1.82) is 0 Å². The van der Waals surface area contributed by atoms with E-state index in [-0.39, 0.29) is 11.8 Å². The number of nitrogens with zero attached hydrogens (tertiary/aromatic N) is 3. The fraction of sp³-hybridized carbons (Fsp3) is 0.267. The van der Waals surface area contributed by atoms with E-state index in [9.17, 15) is 9.18 Å². The van der Waals surface area contributed by atoms with E-state index < -0.39 is 5.82 Å². The zero-order chi connectivity index (χ0) is 14.7. The maximum Gasteiger partial charge on any atom is 0.227 e. The Hall–Kier alpha value is -2.50. The molecule has 0 radical (unpaired) electrons. The molecule has 6 heteroatoms. The van der Waals surface area contributed by atoms with Crippen molar-refractivity contribution in [3.63, 3.8) is 0 Å². The second-order valence-electron chi connectivity index (χ2n) is 4.98. The van der Waals surface area contributed by atoms with Gasteiger partial charge in [-0.1, -0.05) is 12.2 Å². The van der Waals surface area contributed by atoms with Crippen molar-refractivity contribution in [1.82, 2.24) is 14.8 Å². The van der Waals surface area contributed by atoms with Gasteiger partial charge in [0.2, 0.25) is 5.91 Å². The Morgan fingerprint density at radius 2 is 2.29 bits per heavy atom. The van der Waals surface area contributed by atoms with E-state index in [0.717, 1.165) is 19.3 Å². The van der Waals surface area contributed by atoms with Crippen molar-refractivity contribution in [2.75, 3.05) is 5.32 Å². The minimum absolute atomic E-state index is 0.0342. The summed E-state index contributed by atoms with van der Waals surface area (Å²) < 4.78 is 15.4. The molecule has 1 atom stereocenters. The van der Waals surface area contributed by atoms with Crippen LogP contribution in [0.15, 0.2) is 43.0 Å². The Balaban J connectivity index is 1.73. The fourth-order valence-corrected chi connectivity index (χ4v) is 2.38. The molecule has 0 saturated carbocycles. The first-order chi connectivity index (χ1) is 10.2. The highest BCUT2D eigenvalue weighted by Gasteiger charge is 2.19. The summed E-state index contributed by atoms with van der Waals surface area (Å²) in [6.45, 7) is 0. The van der Waals surface area contributed by atoms with Crippen LogP contribution in [-0.2, 0) is 4.79 Å². The van der Waals surface area contributed by atoms with E-state index in [0.29, 0.717) is 11.4 Å². The van der Waals surface area contributed by atoms with Crippen LogP contribution < -0.4 is 5.32 Å². The standard InChI is InChI=1S/C15H15FN4O/c16-13-8-12(6-7-14(13)20-10-17-9-18-20)19-15(21)11-4-2-1-3-5-11/h1-2,6-11H,3-5H2,(H,19,21)/t11-/m0/s1. The number of anilines is 1. The number of allylic oxidation sites excluding steroid dienone is 2. The van der Waals surface area contributed by atoms with Gasteiger partial charge in [0.1, 0.15) is 18.3 Å². The third-order valence-corrected chi connectivity index (χ3v) is 3.52. The van der Waals surface area contributed by atoms with Gasteiger partial charge in [-0.25, -0.2) is 14.1 Å². The molecule has 0 fully saturated rings. The first kappa shape index (κ1) is 13.5. The Kier molecular flexibility index (Phi) is 3.77. The van der Waals surface area contributed by atoms with Crippen LogP contribution in [-0.4, -0.2) is 20.7 Å². The van der Waals surface area contributed by atoms with Crippen LogP contribution in [0.3, 0.4) is 0 Å². The highest BCUT2D eigenvalue weighted by molar-refractivity contribution is 5.92. The molecule has 1 aliphatic rings. The molecule has 1 aliphatic carbocycles. The Morgan fingerprint density at radius 1 is 1.38 bits per heavy atom. The number of rotatable bonds is 3. The number of halogens is 1. The number of amides is 1. The van der Waals surface area contributed by atoms with Crippen LogP contribution >= 0.6 is 0 Å². The van der Waals surface area contributed by atoms with E-state index in [1.807, 2.05) is 6.08 Å². The van der Waals surface area contributed by atoms with E-state index in [4.69, 9.17) is 0 Å². The molecule has 0 unspecified atom stereocenters. The average molecular weight is 286 g/mol. The molecule has 1 N–H and O–H groups in total. The molecule has 1 aromatic carbocycles. The maximum absolute atomic E-state index is 14.1. The molecule has 1 amide bonds. The number of benzene rings is 1. The lowest BCUT2D eigenvalue weighted by Gasteiger charge is -2.17. The molecule has 1 heterocycles. The van der Waals surface area contributed by atoms with E-state index in [1.54, 1.807) is 12.1 Å². The van der Waals surface area contributed by atoms with Gasteiger partial charge in [-0.15, -0.1) is 0 Å². The highest BCUT2D eigenvalue weighted by atomic mass is 19.1. The topological polar surface area (TPSA) is 59.8 Å². The van der Waals surface area contributed by atoms with Crippen molar-refractivity contribution < 1.29 is 9.18 Å². The largest absolute Gasteiger partial charge is 0.326 e. The third kappa shape index (κ3) is 2.99. The van der Waals surface area contributed by atoms with Crippen LogP contribution in [0.2, 0.25) is 0 Å². The molecule has 1 aromatic heterocycles. The lowest BCUT2D eigenvalue weighted by Crippen LogP contribution is -2.23. The summed E-state index contributed by atoms with van der Waals surface area (Å²) in [5.74, 6) is -0.554. The first-order valence-corrected chi connectivity index (χ1v) is 6.84. The van der Waals surface area contributed by atoms with Crippen molar-refractivity contribution in [2.45, 2.75) is 19.3 Å². The lowest BCUT2D eigenvalue weighted by molar-refractivity contribution is -0.120. The molecule has 0 saturated heterocycles. The number of nitrogens with one attached hydrogen (secondary N) is 1. The van der Waals surface area contributed by atoms with Crippen LogP contribution in [0.1, 0.15) is 19.3 Å². The molecule has 2 aromatic rings. The van der Waals surface area contributed by atoms with Crippen LogP contribution in [0, 0.1) is 11.7 Å². The van der Waals surface area contributed by atoms with E-state index in [1.165, 1.54) is 23.4 Å². The predicted octanol–water partition coefficient (Wildman–Crippen LogP) is 2.70. The predicted molar refractivity (Wildman–Crippen MR) is 76.4 cm³/mol. The van der Waals surface area contributed by atoms with Crippen molar-refractivity contribution in [3.8, 4) is 5.69 Å². The molecule has 108 valence electrons. The normalized spacial score (nSPS) is 17.7. The zero-order valence-electron chi connectivity index (χ0n) is 11.4. The van der Waals surface area contributed by atoms with E-state index >= 15 is 0 Å². The highest BCUT2D eigenvalue weighted by Crippen LogP contribution is 2.22.